The predicted octanol–water partition coefficient (Wildman–Crippen LogP) is 4.51. The summed E-state index contributed by atoms with van der Waals surface area (Å²) in [6.45, 7) is 9.21. The Morgan fingerprint density at radius 2 is 1.72 bits per heavy atom. The van der Waals surface area contributed by atoms with Gasteiger partial charge in [-0.15, -0.1) is 0 Å². The van der Waals surface area contributed by atoms with E-state index in [0.717, 1.165) is 24.3 Å². The molecule has 1 aliphatic rings. The molecule has 9 heteroatoms. The van der Waals surface area contributed by atoms with Crippen LogP contribution in [0.5, 0.6) is 11.5 Å². The lowest BCUT2D eigenvalue weighted by Gasteiger charge is -2.29. The minimum absolute atomic E-state index is 0.0835. The number of benzene rings is 3. The molecule has 1 aliphatic heterocycles. The van der Waals surface area contributed by atoms with E-state index in [2.05, 4.69) is 31.0 Å². The molecule has 0 saturated carbocycles. The Morgan fingerprint density at radius 1 is 1.00 bits per heavy atom. The second-order valence-electron chi connectivity index (χ2n) is 9.69. The fraction of sp³-hybridized carbons (Fsp3) is 0.296. The van der Waals surface area contributed by atoms with E-state index in [9.17, 15) is 13.2 Å². The Balaban J connectivity index is 1.65. The summed E-state index contributed by atoms with van der Waals surface area (Å²) in [7, 11) is -3.90. The zero-order chi connectivity index (χ0) is 25.9. The van der Waals surface area contributed by atoms with Crippen molar-refractivity contribution in [3.63, 3.8) is 0 Å². The number of primary sulfonamides is 1. The van der Waals surface area contributed by atoms with E-state index in [1.54, 1.807) is 12.1 Å². The van der Waals surface area contributed by atoms with Gasteiger partial charge in [-0.1, -0.05) is 39.0 Å². The van der Waals surface area contributed by atoms with Crippen LogP contribution in [0.2, 0.25) is 0 Å². The van der Waals surface area contributed by atoms with Crippen LogP contribution in [0.1, 0.15) is 36.7 Å². The van der Waals surface area contributed by atoms with Crippen molar-refractivity contribution in [3.05, 3.63) is 77.9 Å². The molecule has 3 N–H and O–H groups in total. The number of hydrogen-bond donors (Lipinski definition) is 2. The molecule has 8 nitrogen and oxygen atoms in total. The maximum atomic E-state index is 13.3. The lowest BCUT2D eigenvalue weighted by Crippen LogP contribution is -2.36. The van der Waals surface area contributed by atoms with Gasteiger partial charge in [0.05, 0.1) is 23.7 Å². The third-order valence-corrected chi connectivity index (χ3v) is 6.85. The van der Waals surface area contributed by atoms with Gasteiger partial charge in [-0.05, 0) is 53.4 Å². The van der Waals surface area contributed by atoms with Gasteiger partial charge < -0.3 is 19.7 Å². The molecule has 1 saturated heterocycles. The molecule has 0 spiro atoms. The number of anilines is 2. The van der Waals surface area contributed by atoms with Crippen LogP contribution >= 0.6 is 0 Å². The van der Waals surface area contributed by atoms with Gasteiger partial charge in [-0.3, -0.25) is 4.79 Å². The minimum Gasteiger partial charge on any atom is -0.456 e. The van der Waals surface area contributed by atoms with Crippen molar-refractivity contribution >= 4 is 27.3 Å². The molecule has 0 radical (unpaired) electrons. The van der Waals surface area contributed by atoms with Crippen molar-refractivity contribution in [1.82, 2.24) is 0 Å². The fourth-order valence-electron chi connectivity index (χ4n) is 3.90. The van der Waals surface area contributed by atoms with Gasteiger partial charge >= 0.3 is 0 Å². The molecule has 36 heavy (non-hydrogen) atoms. The smallest absolute Gasteiger partial charge is 0.259 e. The molecule has 190 valence electrons. The lowest BCUT2D eigenvalue weighted by atomic mass is 9.86. The van der Waals surface area contributed by atoms with Crippen LogP contribution in [0, 0.1) is 0 Å². The lowest BCUT2D eigenvalue weighted by molar-refractivity contribution is 0.102. The zero-order valence-electron chi connectivity index (χ0n) is 20.7. The van der Waals surface area contributed by atoms with Crippen LogP contribution in [-0.4, -0.2) is 40.6 Å². The summed E-state index contributed by atoms with van der Waals surface area (Å²) in [5, 5.41) is 7.99. The van der Waals surface area contributed by atoms with Crippen LogP contribution in [0.15, 0.2) is 71.6 Å². The summed E-state index contributed by atoms with van der Waals surface area (Å²) in [5.41, 5.74) is 2.50. The van der Waals surface area contributed by atoms with Gasteiger partial charge in [0.1, 0.15) is 11.5 Å². The summed E-state index contributed by atoms with van der Waals surface area (Å²) in [6, 6.07) is 19.1. The van der Waals surface area contributed by atoms with E-state index in [0.29, 0.717) is 36.0 Å². The van der Waals surface area contributed by atoms with E-state index < -0.39 is 15.9 Å². The Bertz CT molecular complexity index is 1360. The van der Waals surface area contributed by atoms with Crippen LogP contribution in [0.3, 0.4) is 0 Å². The molecule has 0 aliphatic carbocycles. The van der Waals surface area contributed by atoms with Gasteiger partial charge in [0.15, 0.2) is 0 Å². The number of nitrogens with one attached hydrogen (secondary N) is 1. The largest absolute Gasteiger partial charge is 0.456 e. The number of carbonyl (C=O) groups is 1. The fourth-order valence-corrected chi connectivity index (χ4v) is 4.46. The number of nitrogens with zero attached hydrogens (tertiary/aromatic N) is 1. The predicted molar refractivity (Wildman–Crippen MR) is 140 cm³/mol. The quantitative estimate of drug-likeness (QED) is 0.506. The normalized spacial score (nSPS) is 14.4. The first kappa shape index (κ1) is 25.7. The van der Waals surface area contributed by atoms with Crippen molar-refractivity contribution in [1.29, 1.82) is 0 Å². The van der Waals surface area contributed by atoms with Crippen molar-refractivity contribution < 1.29 is 22.7 Å². The average molecular weight is 510 g/mol. The van der Waals surface area contributed by atoms with Crippen molar-refractivity contribution in [3.8, 4) is 11.5 Å². The van der Waals surface area contributed by atoms with Crippen molar-refractivity contribution in [2.24, 2.45) is 5.14 Å². The standard InChI is InChI=1S/C27H31N3O5S/c1-27(2,3)19-10-11-24(26(31)29-20-6-4-9-23(17-20)36(28,32)33)25(16-19)35-22-8-5-7-21(18-22)30-12-14-34-15-13-30/h4-11,16-18H,12-15H2,1-3H3,(H,29,31)(H2,28,32,33). The van der Waals surface area contributed by atoms with Crippen molar-refractivity contribution in [2.75, 3.05) is 36.5 Å². The third kappa shape index (κ3) is 6.23. The molecule has 4 rings (SSSR count). The number of rotatable bonds is 6. The molecule has 3 aromatic carbocycles. The molecule has 0 aromatic heterocycles. The molecule has 0 atom stereocenters. The molecule has 1 heterocycles. The van der Waals surface area contributed by atoms with Crippen LogP contribution in [-0.2, 0) is 20.2 Å². The Kier molecular flexibility index (Phi) is 7.35. The average Bonchev–Trinajstić information content (AvgIpc) is 2.84. The maximum absolute atomic E-state index is 13.3. The summed E-state index contributed by atoms with van der Waals surface area (Å²) < 4.78 is 35.1. The summed E-state index contributed by atoms with van der Waals surface area (Å²) in [4.78, 5) is 15.4. The molecule has 0 unspecified atom stereocenters. The summed E-state index contributed by atoms with van der Waals surface area (Å²) >= 11 is 0. The van der Waals surface area contributed by atoms with E-state index in [1.165, 1.54) is 18.2 Å². The molecular weight excluding hydrogens is 478 g/mol. The molecule has 3 aromatic rings. The maximum Gasteiger partial charge on any atom is 0.259 e. The van der Waals surface area contributed by atoms with Crippen LogP contribution in [0.25, 0.3) is 0 Å². The topological polar surface area (TPSA) is 111 Å². The summed E-state index contributed by atoms with van der Waals surface area (Å²) in [5.74, 6) is 0.582. The van der Waals surface area contributed by atoms with Crippen molar-refractivity contribution in [2.45, 2.75) is 31.1 Å². The number of amides is 1. The highest BCUT2D eigenvalue weighted by molar-refractivity contribution is 7.89. The Hall–Kier alpha value is -3.40. The van der Waals surface area contributed by atoms with E-state index >= 15 is 0 Å². The number of carbonyl (C=O) groups excluding carboxylic acids is 1. The second-order valence-corrected chi connectivity index (χ2v) is 11.2. The van der Waals surface area contributed by atoms with Gasteiger partial charge in [-0.2, -0.15) is 0 Å². The summed E-state index contributed by atoms with van der Waals surface area (Å²) in [6.07, 6.45) is 0. The highest BCUT2D eigenvalue weighted by Crippen LogP contribution is 2.33. The number of nitrogens with two attached hydrogens (primary N) is 1. The molecule has 1 fully saturated rings. The highest BCUT2D eigenvalue weighted by Gasteiger charge is 2.21. The van der Waals surface area contributed by atoms with Gasteiger partial charge in [0.2, 0.25) is 10.0 Å². The van der Waals surface area contributed by atoms with Crippen LogP contribution < -0.4 is 20.1 Å². The third-order valence-electron chi connectivity index (χ3n) is 5.93. The zero-order valence-corrected chi connectivity index (χ0v) is 21.5. The molecule has 0 bridgehead atoms. The van der Waals surface area contributed by atoms with Gasteiger partial charge in [0.25, 0.3) is 5.91 Å². The molecule has 1 amide bonds. The van der Waals surface area contributed by atoms with Gasteiger partial charge in [0, 0.05) is 30.5 Å². The van der Waals surface area contributed by atoms with E-state index in [1.807, 2.05) is 36.4 Å². The second kappa shape index (κ2) is 10.3. The van der Waals surface area contributed by atoms with E-state index in [4.69, 9.17) is 14.6 Å². The highest BCUT2D eigenvalue weighted by atomic mass is 32.2. The van der Waals surface area contributed by atoms with Gasteiger partial charge in [-0.25, -0.2) is 13.6 Å². The first-order valence-electron chi connectivity index (χ1n) is 11.7. The number of morpholine rings is 1. The molecular formula is C27H31N3O5S. The minimum atomic E-state index is -3.90. The number of sulfonamides is 1. The number of hydrogen-bond acceptors (Lipinski definition) is 6. The van der Waals surface area contributed by atoms with Crippen LogP contribution in [0.4, 0.5) is 11.4 Å². The monoisotopic (exact) mass is 509 g/mol. The first-order valence-corrected chi connectivity index (χ1v) is 13.2. The SMILES string of the molecule is CC(C)(C)c1ccc(C(=O)Nc2cccc(S(N)(=O)=O)c2)c(Oc2cccc(N3CCOCC3)c2)c1. The van der Waals surface area contributed by atoms with E-state index in [-0.39, 0.29) is 10.3 Å². The Morgan fingerprint density at radius 3 is 2.42 bits per heavy atom. The first-order chi connectivity index (χ1) is 17.0. The number of ether oxygens (including phenoxy) is 2. The Labute approximate surface area is 212 Å².